The molecule has 7 heteroatoms. The second kappa shape index (κ2) is 7.97. The minimum atomic E-state index is -0.406. The topological polar surface area (TPSA) is 73.2 Å². The van der Waals surface area contributed by atoms with Crippen LogP contribution in [0.15, 0.2) is 35.3 Å². The Balaban J connectivity index is 2.14. The van der Waals surface area contributed by atoms with Gasteiger partial charge in [0.1, 0.15) is 5.02 Å². The van der Waals surface area contributed by atoms with Gasteiger partial charge in [-0.1, -0.05) is 41.4 Å². The third-order valence-corrected chi connectivity index (χ3v) is 4.08. The summed E-state index contributed by atoms with van der Waals surface area (Å²) in [5.41, 5.74) is 2.18. The van der Waals surface area contributed by atoms with Crippen LogP contribution in [0.4, 0.5) is 5.69 Å². The number of carbonyl (C=O) groups is 1. The van der Waals surface area contributed by atoms with Gasteiger partial charge in [0, 0.05) is 13.6 Å². The number of methoxy groups -OCH3 is 1. The fourth-order valence-electron chi connectivity index (χ4n) is 2.40. The number of nitrogens with one attached hydrogen (secondary N) is 1. The van der Waals surface area contributed by atoms with Crippen molar-refractivity contribution in [3.8, 4) is 0 Å². The number of aromatic nitrogens is 2. The van der Waals surface area contributed by atoms with Gasteiger partial charge < -0.3 is 10.1 Å². The number of carbonyl (C=O) groups excluding carboxylic acids is 1. The van der Waals surface area contributed by atoms with Gasteiger partial charge >= 0.3 is 5.97 Å². The Morgan fingerprint density at radius 3 is 2.88 bits per heavy atom. The molecule has 1 atom stereocenters. The van der Waals surface area contributed by atoms with E-state index in [0.29, 0.717) is 12.1 Å². The lowest BCUT2D eigenvalue weighted by Crippen LogP contribution is -2.28. The summed E-state index contributed by atoms with van der Waals surface area (Å²) in [7, 11) is 2.88. The van der Waals surface area contributed by atoms with Crippen molar-refractivity contribution in [2.24, 2.45) is 13.0 Å². The molecule has 1 unspecified atom stereocenters. The molecule has 1 N–H and O–H groups in total. The fourth-order valence-corrected chi connectivity index (χ4v) is 2.63. The Labute approximate surface area is 145 Å². The molecule has 0 radical (unpaired) electrons. The molecule has 2 aromatic rings. The Kier molecular flexibility index (Phi) is 5.98. The molecular weight excluding hydrogens is 330 g/mol. The van der Waals surface area contributed by atoms with Crippen molar-refractivity contribution in [1.29, 1.82) is 0 Å². The van der Waals surface area contributed by atoms with Gasteiger partial charge in [-0.05, 0) is 18.9 Å². The van der Waals surface area contributed by atoms with E-state index >= 15 is 0 Å². The molecule has 0 saturated carbocycles. The average molecular weight is 350 g/mol. The van der Waals surface area contributed by atoms with Crippen molar-refractivity contribution in [2.45, 2.75) is 13.3 Å². The van der Waals surface area contributed by atoms with Gasteiger partial charge in [0.05, 0.1) is 24.9 Å². The second-order valence-corrected chi connectivity index (χ2v) is 5.97. The van der Waals surface area contributed by atoms with Crippen LogP contribution in [0.5, 0.6) is 0 Å². The SMILES string of the molecule is COC(=O)C(CNc1cnn(C)c(=O)c1Cl)Cc1cccc(C)c1. The first-order valence-electron chi connectivity index (χ1n) is 7.51. The van der Waals surface area contributed by atoms with E-state index in [2.05, 4.69) is 10.4 Å². The molecule has 0 amide bonds. The van der Waals surface area contributed by atoms with Gasteiger partial charge in [0.25, 0.3) is 5.56 Å². The molecule has 0 bridgehead atoms. The molecule has 1 aromatic heterocycles. The number of benzene rings is 1. The number of rotatable bonds is 6. The molecule has 24 heavy (non-hydrogen) atoms. The number of ether oxygens (including phenoxy) is 1. The van der Waals surface area contributed by atoms with Crippen molar-refractivity contribution in [3.63, 3.8) is 0 Å². The largest absolute Gasteiger partial charge is 0.469 e. The number of halogens is 1. The van der Waals surface area contributed by atoms with E-state index in [9.17, 15) is 9.59 Å². The number of aryl methyl sites for hydroxylation is 2. The second-order valence-electron chi connectivity index (χ2n) is 5.60. The summed E-state index contributed by atoms with van der Waals surface area (Å²) >= 11 is 6.02. The van der Waals surface area contributed by atoms with E-state index in [1.54, 1.807) is 0 Å². The Hall–Kier alpha value is -2.34. The van der Waals surface area contributed by atoms with E-state index in [-0.39, 0.29) is 17.5 Å². The molecule has 0 spiro atoms. The van der Waals surface area contributed by atoms with Crippen LogP contribution in [0.25, 0.3) is 0 Å². The molecule has 1 heterocycles. The van der Waals surface area contributed by atoms with E-state index < -0.39 is 11.5 Å². The standard InChI is InChI=1S/C17H20ClN3O3/c1-11-5-4-6-12(7-11)8-13(17(23)24-3)9-19-14-10-20-21(2)16(22)15(14)18/h4-7,10,13,19H,8-9H2,1-3H3. The minimum absolute atomic E-state index is 0.0478. The summed E-state index contributed by atoms with van der Waals surface area (Å²) in [5.74, 6) is -0.728. The third kappa shape index (κ3) is 4.35. The molecule has 0 fully saturated rings. The molecule has 0 saturated heterocycles. The molecule has 0 aliphatic heterocycles. The number of anilines is 1. The summed E-state index contributed by atoms with van der Waals surface area (Å²) in [6.07, 6.45) is 1.99. The van der Waals surface area contributed by atoms with Crippen molar-refractivity contribution in [3.05, 3.63) is 57.0 Å². The van der Waals surface area contributed by atoms with Gasteiger partial charge in [-0.3, -0.25) is 9.59 Å². The molecular formula is C17H20ClN3O3. The fraction of sp³-hybridized carbons (Fsp3) is 0.353. The quantitative estimate of drug-likeness (QED) is 0.809. The maximum absolute atomic E-state index is 12.1. The van der Waals surface area contributed by atoms with Crippen molar-refractivity contribution in [1.82, 2.24) is 9.78 Å². The minimum Gasteiger partial charge on any atom is -0.469 e. The lowest BCUT2D eigenvalue weighted by atomic mass is 9.98. The Morgan fingerprint density at radius 1 is 1.46 bits per heavy atom. The summed E-state index contributed by atoms with van der Waals surface area (Å²) in [5, 5.41) is 6.99. The predicted molar refractivity (Wildman–Crippen MR) is 93.4 cm³/mol. The first-order chi connectivity index (χ1) is 11.4. The molecule has 6 nitrogen and oxygen atoms in total. The monoisotopic (exact) mass is 349 g/mol. The van der Waals surface area contributed by atoms with Crippen molar-refractivity contribution in [2.75, 3.05) is 19.0 Å². The zero-order chi connectivity index (χ0) is 17.7. The van der Waals surface area contributed by atoms with Crippen LogP contribution < -0.4 is 10.9 Å². The molecule has 1 aromatic carbocycles. The predicted octanol–water partition coefficient (Wildman–Crippen LogP) is 2.19. The van der Waals surface area contributed by atoms with Gasteiger partial charge in [-0.2, -0.15) is 5.10 Å². The highest BCUT2D eigenvalue weighted by Crippen LogP contribution is 2.18. The molecule has 0 aliphatic rings. The molecule has 2 rings (SSSR count). The van der Waals surface area contributed by atoms with E-state index in [1.165, 1.54) is 20.4 Å². The lowest BCUT2D eigenvalue weighted by molar-refractivity contribution is -0.144. The van der Waals surface area contributed by atoms with Gasteiger partial charge in [-0.15, -0.1) is 0 Å². The number of hydrogen-bond acceptors (Lipinski definition) is 5. The van der Waals surface area contributed by atoms with Crippen molar-refractivity contribution < 1.29 is 9.53 Å². The highest BCUT2D eigenvalue weighted by atomic mass is 35.5. The first-order valence-corrected chi connectivity index (χ1v) is 7.89. The van der Waals surface area contributed by atoms with Crippen LogP contribution in [0.1, 0.15) is 11.1 Å². The number of nitrogens with zero attached hydrogens (tertiary/aromatic N) is 2. The summed E-state index contributed by atoms with van der Waals surface area (Å²) in [6.45, 7) is 2.29. The normalized spacial score (nSPS) is 11.8. The Bertz CT molecular complexity index is 789. The van der Waals surface area contributed by atoms with E-state index in [1.807, 2.05) is 31.2 Å². The highest BCUT2D eigenvalue weighted by Gasteiger charge is 2.20. The van der Waals surface area contributed by atoms with Gasteiger partial charge in [0.2, 0.25) is 0 Å². The van der Waals surface area contributed by atoms with Crippen LogP contribution >= 0.6 is 11.6 Å². The Morgan fingerprint density at radius 2 is 2.21 bits per heavy atom. The summed E-state index contributed by atoms with van der Waals surface area (Å²) in [6, 6.07) is 7.95. The highest BCUT2D eigenvalue weighted by molar-refractivity contribution is 6.32. The van der Waals surface area contributed by atoms with Crippen LogP contribution in [0, 0.1) is 12.8 Å². The maximum Gasteiger partial charge on any atom is 0.310 e. The van der Waals surface area contributed by atoms with Crippen LogP contribution in [-0.2, 0) is 23.0 Å². The number of hydrogen-bond donors (Lipinski definition) is 1. The molecule has 128 valence electrons. The maximum atomic E-state index is 12.1. The van der Waals surface area contributed by atoms with Gasteiger partial charge in [0.15, 0.2) is 0 Å². The van der Waals surface area contributed by atoms with Crippen molar-refractivity contribution >= 4 is 23.3 Å². The van der Waals surface area contributed by atoms with E-state index in [0.717, 1.165) is 15.8 Å². The smallest absolute Gasteiger partial charge is 0.310 e. The zero-order valence-corrected chi connectivity index (χ0v) is 14.6. The lowest BCUT2D eigenvalue weighted by Gasteiger charge is -2.17. The van der Waals surface area contributed by atoms with Crippen LogP contribution in [0.3, 0.4) is 0 Å². The van der Waals surface area contributed by atoms with Crippen LogP contribution in [-0.4, -0.2) is 29.4 Å². The van der Waals surface area contributed by atoms with Crippen LogP contribution in [0.2, 0.25) is 5.02 Å². The average Bonchev–Trinajstić information content (AvgIpc) is 2.57. The first kappa shape index (κ1) is 18.0. The van der Waals surface area contributed by atoms with E-state index in [4.69, 9.17) is 16.3 Å². The third-order valence-electron chi connectivity index (χ3n) is 3.72. The summed E-state index contributed by atoms with van der Waals surface area (Å²) < 4.78 is 6.03. The number of esters is 1. The zero-order valence-electron chi connectivity index (χ0n) is 13.9. The molecule has 0 aliphatic carbocycles. The summed E-state index contributed by atoms with van der Waals surface area (Å²) in [4.78, 5) is 23.8. The van der Waals surface area contributed by atoms with Gasteiger partial charge in [-0.25, -0.2) is 4.68 Å².